The molecule has 0 aromatic carbocycles. The number of rotatable bonds is 2. The van der Waals surface area contributed by atoms with Crippen LogP contribution in [-0.2, 0) is 15.0 Å². The van der Waals surface area contributed by atoms with Crippen LogP contribution in [0.25, 0.3) is 0 Å². The first-order chi connectivity index (χ1) is 6.27. The molecule has 13 heavy (non-hydrogen) atoms. The van der Waals surface area contributed by atoms with Crippen molar-refractivity contribution in [2.75, 3.05) is 0 Å². The van der Waals surface area contributed by atoms with Gasteiger partial charge in [0.05, 0.1) is 0 Å². The fourth-order valence-corrected chi connectivity index (χ4v) is 2.92. The average Bonchev–Trinajstić information content (AvgIpc) is 2.65. The van der Waals surface area contributed by atoms with Crippen LogP contribution >= 0.6 is 0 Å². The second-order valence-corrected chi connectivity index (χ2v) is 5.00. The first kappa shape index (κ1) is 9.05. The molecule has 0 nitrogen and oxygen atoms in total. The fourth-order valence-electron chi connectivity index (χ4n) is 1.46. The van der Waals surface area contributed by atoms with Crippen molar-refractivity contribution >= 4 is 0 Å². The molecule has 0 radical (unpaired) electrons. The molecule has 0 fully saturated rings. The molecule has 0 bridgehead atoms. The Morgan fingerprint density at radius 2 is 1.38 bits per heavy atom. The van der Waals surface area contributed by atoms with Gasteiger partial charge in [-0.15, -0.1) is 0 Å². The van der Waals surface area contributed by atoms with E-state index in [4.69, 9.17) is 0 Å². The maximum absolute atomic E-state index is 2.28. The van der Waals surface area contributed by atoms with Crippen molar-refractivity contribution in [2.24, 2.45) is 0 Å². The average molecular weight is 214 g/mol. The van der Waals surface area contributed by atoms with Crippen molar-refractivity contribution in [3.63, 3.8) is 0 Å². The summed E-state index contributed by atoms with van der Waals surface area (Å²) in [5.41, 5.74) is 3.08. The van der Waals surface area contributed by atoms with E-state index in [9.17, 15) is 0 Å². The van der Waals surface area contributed by atoms with Crippen LogP contribution in [0.4, 0.5) is 0 Å². The molecule has 0 amide bonds. The maximum atomic E-state index is 2.28. The molecule has 2 aliphatic carbocycles. The summed E-state index contributed by atoms with van der Waals surface area (Å²) in [5.74, 6) is 0. The molecule has 0 saturated heterocycles. The van der Waals surface area contributed by atoms with Gasteiger partial charge in [-0.1, -0.05) is 0 Å². The third-order valence-electron chi connectivity index (χ3n) is 2.35. The molecular formula is C12H14Fe. The van der Waals surface area contributed by atoms with E-state index < -0.39 is 0 Å². The van der Waals surface area contributed by atoms with Gasteiger partial charge in [-0.05, 0) is 0 Å². The van der Waals surface area contributed by atoms with Crippen LogP contribution in [0.3, 0.4) is 0 Å². The Morgan fingerprint density at radius 1 is 0.923 bits per heavy atom. The minimum absolute atomic E-state index is 1.14. The third kappa shape index (κ3) is 1.87. The van der Waals surface area contributed by atoms with Gasteiger partial charge in [0.2, 0.25) is 0 Å². The second kappa shape index (κ2) is 3.69. The van der Waals surface area contributed by atoms with E-state index in [1.54, 1.807) is 11.1 Å². The van der Waals surface area contributed by atoms with Gasteiger partial charge in [0.1, 0.15) is 0 Å². The predicted molar refractivity (Wildman–Crippen MR) is 52.9 cm³/mol. The summed E-state index contributed by atoms with van der Waals surface area (Å²) in [6.07, 6.45) is 11.4. The van der Waals surface area contributed by atoms with Crippen molar-refractivity contribution in [3.05, 3.63) is 44.4 Å². The molecule has 0 heterocycles. The van der Waals surface area contributed by atoms with Crippen LogP contribution in [0, 0.1) is 0 Å². The van der Waals surface area contributed by atoms with Gasteiger partial charge in [-0.3, -0.25) is 0 Å². The van der Waals surface area contributed by atoms with Gasteiger partial charge in [0, 0.05) is 0 Å². The molecule has 0 aromatic rings. The number of hydrogen-bond acceptors (Lipinski definition) is 0. The SMILES string of the molecule is CC1=[C]([Fe][C]2=C(C)CC=C2)C=CC1. The van der Waals surface area contributed by atoms with Gasteiger partial charge in [0.15, 0.2) is 0 Å². The Morgan fingerprint density at radius 3 is 1.69 bits per heavy atom. The molecule has 70 valence electrons. The van der Waals surface area contributed by atoms with Crippen LogP contribution in [0.1, 0.15) is 26.7 Å². The Balaban J connectivity index is 2.14. The number of hydrogen-bond donors (Lipinski definition) is 0. The van der Waals surface area contributed by atoms with Gasteiger partial charge in [-0.2, -0.15) is 0 Å². The van der Waals surface area contributed by atoms with Gasteiger partial charge in [-0.25, -0.2) is 0 Å². The monoisotopic (exact) mass is 214 g/mol. The Hall–Kier alpha value is -0.521. The van der Waals surface area contributed by atoms with Gasteiger partial charge >= 0.3 is 86.0 Å². The second-order valence-electron chi connectivity index (χ2n) is 3.53. The standard InChI is InChI=1S/2C6H7.Fe/c2*1-6-4-2-3-5-6;/h2*2-3H,4H2,1H3;. The summed E-state index contributed by atoms with van der Waals surface area (Å²) in [4.78, 5) is 0. The van der Waals surface area contributed by atoms with Gasteiger partial charge in [0.25, 0.3) is 0 Å². The summed E-state index contributed by atoms with van der Waals surface area (Å²) < 4.78 is 3.06. The summed E-state index contributed by atoms with van der Waals surface area (Å²) in [5, 5.41) is 0. The molecule has 0 aliphatic heterocycles. The first-order valence-corrected chi connectivity index (χ1v) is 5.73. The van der Waals surface area contributed by atoms with E-state index in [0.29, 0.717) is 0 Å². The Kier molecular flexibility index (Phi) is 2.57. The summed E-state index contributed by atoms with van der Waals surface area (Å²) in [6.45, 7) is 4.48. The molecule has 0 aromatic heterocycles. The summed E-state index contributed by atoms with van der Waals surface area (Å²) in [6, 6.07) is 0. The molecule has 0 N–H and O–H groups in total. The molecule has 2 rings (SSSR count). The van der Waals surface area contributed by atoms with Crippen molar-refractivity contribution in [3.8, 4) is 0 Å². The van der Waals surface area contributed by atoms with Crippen molar-refractivity contribution in [2.45, 2.75) is 26.7 Å². The number of allylic oxidation sites excluding steroid dienone is 8. The minimum atomic E-state index is 1.14. The van der Waals surface area contributed by atoms with E-state index in [-0.39, 0.29) is 0 Å². The van der Waals surface area contributed by atoms with Crippen molar-refractivity contribution in [1.29, 1.82) is 0 Å². The van der Waals surface area contributed by atoms with E-state index >= 15 is 0 Å². The van der Waals surface area contributed by atoms with Crippen LogP contribution in [-0.4, -0.2) is 0 Å². The topological polar surface area (TPSA) is 0 Å². The van der Waals surface area contributed by atoms with E-state index in [2.05, 4.69) is 38.2 Å². The molecule has 0 saturated carbocycles. The third-order valence-corrected chi connectivity index (χ3v) is 4.26. The van der Waals surface area contributed by atoms with Crippen LogP contribution in [0.15, 0.2) is 44.4 Å². The molecule has 0 atom stereocenters. The molecule has 0 spiro atoms. The van der Waals surface area contributed by atoms with Gasteiger partial charge < -0.3 is 0 Å². The Labute approximate surface area is 86.3 Å². The zero-order valence-corrected chi connectivity index (χ0v) is 9.18. The normalized spacial score (nSPS) is 21.4. The quantitative estimate of drug-likeness (QED) is 0.616. The predicted octanol–water partition coefficient (Wildman–Crippen LogP) is 3.54. The van der Waals surface area contributed by atoms with E-state index in [1.165, 1.54) is 8.94 Å². The van der Waals surface area contributed by atoms with Crippen molar-refractivity contribution < 1.29 is 15.0 Å². The zero-order chi connectivity index (χ0) is 9.26. The van der Waals surface area contributed by atoms with E-state index in [0.717, 1.165) is 27.8 Å². The Bertz CT molecular complexity index is 306. The first-order valence-electron chi connectivity index (χ1n) is 4.62. The fraction of sp³-hybridized carbons (Fsp3) is 0.333. The molecule has 0 unspecified atom stereocenters. The van der Waals surface area contributed by atoms with Crippen molar-refractivity contribution in [1.82, 2.24) is 0 Å². The van der Waals surface area contributed by atoms with E-state index in [1.807, 2.05) is 0 Å². The zero-order valence-electron chi connectivity index (χ0n) is 8.08. The summed E-state index contributed by atoms with van der Waals surface area (Å²) in [7, 11) is 0. The van der Waals surface area contributed by atoms with Crippen LogP contribution in [0.2, 0.25) is 0 Å². The van der Waals surface area contributed by atoms with Crippen LogP contribution < -0.4 is 0 Å². The molecule has 2 aliphatic rings. The summed E-state index contributed by atoms with van der Waals surface area (Å²) >= 11 is 1.14. The molecular weight excluding hydrogens is 200 g/mol. The molecule has 1 heteroatoms. The van der Waals surface area contributed by atoms with Crippen LogP contribution in [0.5, 0.6) is 0 Å².